The van der Waals surface area contributed by atoms with Gasteiger partial charge in [0.2, 0.25) is 17.7 Å². The molecule has 1 aliphatic carbocycles. The van der Waals surface area contributed by atoms with E-state index in [1.54, 1.807) is 12.2 Å². The minimum atomic E-state index is -1.06. The largest absolute Gasteiger partial charge is 0.424 e. The molecular weight excluding hydrogens is 402 g/mol. The molecule has 2 aromatic rings. The van der Waals surface area contributed by atoms with Gasteiger partial charge in [0.25, 0.3) is 0 Å². The summed E-state index contributed by atoms with van der Waals surface area (Å²) in [5.74, 6) is 0.850. The van der Waals surface area contributed by atoms with Gasteiger partial charge in [-0.25, -0.2) is 0 Å². The molecule has 0 spiro atoms. The third kappa shape index (κ3) is 4.99. The third-order valence-corrected chi connectivity index (χ3v) is 5.96. The van der Waals surface area contributed by atoms with Crippen molar-refractivity contribution in [3.63, 3.8) is 0 Å². The first-order valence-corrected chi connectivity index (χ1v) is 10.6. The number of aryl methyl sites for hydroxylation is 1. The van der Waals surface area contributed by atoms with E-state index in [1.165, 1.54) is 0 Å². The number of hydrogen-bond acceptors (Lipinski definition) is 5. The van der Waals surface area contributed by atoms with Crippen LogP contribution in [0, 0.1) is 0 Å². The van der Waals surface area contributed by atoms with Crippen LogP contribution >= 0.6 is 11.6 Å². The van der Waals surface area contributed by atoms with E-state index in [0.29, 0.717) is 36.1 Å². The molecule has 0 saturated heterocycles. The summed E-state index contributed by atoms with van der Waals surface area (Å²) in [5, 5.41) is 22.4. The molecule has 1 aliphatic rings. The standard InChI is InChI=1S/C23H28ClN3O3/c1-3-12-22(29,13-4-2)16-25-19(28)10-11-20-26-27-21(30-20)23(14-5-15-23)17-6-8-18(24)9-7-17/h3-4,6-9,29H,1-2,5,10-16H2,(H,25,28). The number of benzene rings is 1. The smallest absolute Gasteiger partial charge is 0.227 e. The molecule has 1 fully saturated rings. The van der Waals surface area contributed by atoms with Gasteiger partial charge >= 0.3 is 0 Å². The summed E-state index contributed by atoms with van der Waals surface area (Å²) in [5.41, 5.74) is -0.203. The zero-order valence-electron chi connectivity index (χ0n) is 17.1. The van der Waals surface area contributed by atoms with Crippen LogP contribution < -0.4 is 5.32 Å². The predicted octanol–water partition coefficient (Wildman–Crippen LogP) is 4.13. The van der Waals surface area contributed by atoms with E-state index >= 15 is 0 Å². The van der Waals surface area contributed by atoms with Crippen LogP contribution in [0.25, 0.3) is 0 Å². The number of hydrogen-bond donors (Lipinski definition) is 2. The first kappa shape index (κ1) is 22.2. The molecule has 3 rings (SSSR count). The maximum atomic E-state index is 12.2. The number of amides is 1. The van der Waals surface area contributed by atoms with Crippen molar-refractivity contribution < 1.29 is 14.3 Å². The SMILES string of the molecule is C=CCC(O)(CC=C)CNC(=O)CCc1nnc(C2(c3ccc(Cl)cc3)CCC2)o1. The minimum absolute atomic E-state index is 0.138. The molecule has 0 bridgehead atoms. The van der Waals surface area contributed by atoms with Crippen molar-refractivity contribution in [1.82, 2.24) is 15.5 Å². The van der Waals surface area contributed by atoms with Crippen molar-refractivity contribution in [2.45, 2.75) is 56.0 Å². The summed E-state index contributed by atoms with van der Waals surface area (Å²) < 4.78 is 5.94. The fourth-order valence-electron chi connectivity index (χ4n) is 3.81. The molecule has 7 heteroatoms. The number of carbonyl (C=O) groups excluding carboxylic acids is 1. The summed E-state index contributed by atoms with van der Waals surface area (Å²) in [6.45, 7) is 7.44. The highest BCUT2D eigenvalue weighted by atomic mass is 35.5. The van der Waals surface area contributed by atoms with E-state index in [2.05, 4.69) is 28.7 Å². The Balaban J connectivity index is 1.58. The number of aromatic nitrogens is 2. The van der Waals surface area contributed by atoms with Crippen molar-refractivity contribution >= 4 is 17.5 Å². The van der Waals surface area contributed by atoms with Crippen molar-refractivity contribution in [3.8, 4) is 0 Å². The lowest BCUT2D eigenvalue weighted by Gasteiger charge is -2.39. The Bertz CT molecular complexity index is 877. The highest BCUT2D eigenvalue weighted by molar-refractivity contribution is 6.30. The zero-order valence-corrected chi connectivity index (χ0v) is 17.8. The normalized spacial score (nSPS) is 15.3. The van der Waals surface area contributed by atoms with Crippen LogP contribution in [0.4, 0.5) is 0 Å². The van der Waals surface area contributed by atoms with E-state index in [1.807, 2.05) is 24.3 Å². The van der Waals surface area contributed by atoms with Crippen LogP contribution in [0.1, 0.15) is 55.9 Å². The predicted molar refractivity (Wildman–Crippen MR) is 116 cm³/mol. The molecule has 1 aromatic carbocycles. The fraction of sp³-hybridized carbons (Fsp3) is 0.435. The number of carbonyl (C=O) groups is 1. The second-order valence-electron chi connectivity index (χ2n) is 7.93. The molecule has 0 atom stereocenters. The van der Waals surface area contributed by atoms with Gasteiger partial charge in [-0.15, -0.1) is 23.4 Å². The molecule has 1 amide bonds. The maximum Gasteiger partial charge on any atom is 0.227 e. The van der Waals surface area contributed by atoms with Crippen LogP contribution in [0.5, 0.6) is 0 Å². The van der Waals surface area contributed by atoms with Crippen LogP contribution in [0.2, 0.25) is 5.02 Å². The zero-order chi connectivity index (χ0) is 21.6. The summed E-state index contributed by atoms with van der Waals surface area (Å²) in [7, 11) is 0. The van der Waals surface area contributed by atoms with Crippen molar-refractivity contribution in [3.05, 3.63) is 71.9 Å². The lowest BCUT2D eigenvalue weighted by molar-refractivity contribution is -0.122. The monoisotopic (exact) mass is 429 g/mol. The van der Waals surface area contributed by atoms with E-state index in [-0.39, 0.29) is 24.3 Å². The number of aliphatic hydroxyl groups is 1. The Morgan fingerprint density at radius 1 is 1.23 bits per heavy atom. The lowest BCUT2D eigenvalue weighted by Crippen LogP contribution is -2.42. The number of halogens is 1. The van der Waals surface area contributed by atoms with Crippen LogP contribution in [0.3, 0.4) is 0 Å². The maximum absolute atomic E-state index is 12.2. The van der Waals surface area contributed by atoms with Gasteiger partial charge < -0.3 is 14.8 Å². The number of rotatable bonds is 11. The van der Waals surface area contributed by atoms with Crippen molar-refractivity contribution in [2.24, 2.45) is 0 Å². The Hall–Kier alpha value is -2.44. The highest BCUT2D eigenvalue weighted by Crippen LogP contribution is 2.48. The number of nitrogens with one attached hydrogen (secondary N) is 1. The van der Waals surface area contributed by atoms with E-state index < -0.39 is 5.60 Å². The Morgan fingerprint density at radius 2 is 1.90 bits per heavy atom. The molecule has 1 heterocycles. The van der Waals surface area contributed by atoms with Gasteiger partial charge in [0.15, 0.2) is 0 Å². The van der Waals surface area contributed by atoms with Crippen LogP contribution in [-0.2, 0) is 16.6 Å². The molecule has 0 radical (unpaired) electrons. The Labute approximate surface area is 182 Å². The van der Waals surface area contributed by atoms with Gasteiger partial charge in [-0.3, -0.25) is 4.79 Å². The second-order valence-corrected chi connectivity index (χ2v) is 8.37. The summed E-state index contributed by atoms with van der Waals surface area (Å²) in [6, 6.07) is 7.76. The second kappa shape index (κ2) is 9.58. The van der Waals surface area contributed by atoms with Gasteiger partial charge in [0, 0.05) is 24.4 Å². The van der Waals surface area contributed by atoms with Gasteiger partial charge in [-0.05, 0) is 43.4 Å². The summed E-state index contributed by atoms with van der Waals surface area (Å²) in [4.78, 5) is 12.2. The number of nitrogens with zero attached hydrogens (tertiary/aromatic N) is 2. The van der Waals surface area contributed by atoms with E-state index in [9.17, 15) is 9.90 Å². The molecule has 0 aliphatic heterocycles. The molecule has 2 N–H and O–H groups in total. The molecule has 1 aromatic heterocycles. The molecule has 1 saturated carbocycles. The third-order valence-electron chi connectivity index (χ3n) is 5.71. The molecule has 160 valence electrons. The molecule has 6 nitrogen and oxygen atoms in total. The van der Waals surface area contributed by atoms with Crippen molar-refractivity contribution in [2.75, 3.05) is 6.54 Å². The molecule has 30 heavy (non-hydrogen) atoms. The van der Waals surface area contributed by atoms with Gasteiger partial charge in [0.1, 0.15) is 0 Å². The highest BCUT2D eigenvalue weighted by Gasteiger charge is 2.45. The minimum Gasteiger partial charge on any atom is -0.424 e. The van der Waals surface area contributed by atoms with Crippen LogP contribution in [-0.4, -0.2) is 33.4 Å². The fourth-order valence-corrected chi connectivity index (χ4v) is 3.94. The van der Waals surface area contributed by atoms with E-state index in [0.717, 1.165) is 24.8 Å². The first-order valence-electron chi connectivity index (χ1n) is 10.2. The van der Waals surface area contributed by atoms with E-state index in [4.69, 9.17) is 16.0 Å². The average molecular weight is 430 g/mol. The Morgan fingerprint density at radius 3 is 2.47 bits per heavy atom. The quantitative estimate of drug-likeness (QED) is 0.524. The van der Waals surface area contributed by atoms with Gasteiger partial charge in [-0.1, -0.05) is 42.3 Å². The van der Waals surface area contributed by atoms with Gasteiger partial charge in [0.05, 0.1) is 11.0 Å². The molecule has 0 unspecified atom stereocenters. The summed E-state index contributed by atoms with van der Waals surface area (Å²) in [6.07, 6.45) is 7.55. The molecular formula is C23H28ClN3O3. The lowest BCUT2D eigenvalue weighted by atomic mass is 9.64. The van der Waals surface area contributed by atoms with Gasteiger partial charge in [-0.2, -0.15) is 0 Å². The first-order chi connectivity index (χ1) is 14.4. The van der Waals surface area contributed by atoms with Crippen molar-refractivity contribution in [1.29, 1.82) is 0 Å². The Kier molecular flexibility index (Phi) is 7.10. The summed E-state index contributed by atoms with van der Waals surface area (Å²) >= 11 is 6.02. The van der Waals surface area contributed by atoms with Crippen LogP contribution in [0.15, 0.2) is 54.0 Å². The topological polar surface area (TPSA) is 88.2 Å². The average Bonchev–Trinajstić information content (AvgIpc) is 3.15.